The van der Waals surface area contributed by atoms with Crippen molar-refractivity contribution in [2.45, 2.75) is 71.6 Å². The molecule has 2 rings (SSSR count). The van der Waals surface area contributed by atoms with Crippen LogP contribution in [0.25, 0.3) is 0 Å². The predicted octanol–water partition coefficient (Wildman–Crippen LogP) is 3.35. The van der Waals surface area contributed by atoms with Gasteiger partial charge in [-0.25, -0.2) is 4.98 Å². The van der Waals surface area contributed by atoms with E-state index in [9.17, 15) is 0 Å². The Morgan fingerprint density at radius 2 is 2.15 bits per heavy atom. The number of hydrogen-bond donors (Lipinski definition) is 2. The lowest BCUT2D eigenvalue weighted by molar-refractivity contribution is -0.0832. The van der Waals surface area contributed by atoms with E-state index in [4.69, 9.17) is 4.74 Å². The van der Waals surface area contributed by atoms with E-state index in [2.05, 4.69) is 43.0 Å². The highest BCUT2D eigenvalue weighted by atomic mass is 16.5. The summed E-state index contributed by atoms with van der Waals surface area (Å²) >= 11 is 0. The van der Waals surface area contributed by atoms with Crippen molar-refractivity contribution in [2.75, 3.05) is 6.61 Å². The molecule has 1 aliphatic carbocycles. The first-order chi connectivity index (χ1) is 9.55. The standard InChI is InChI=1S/C16H29N3O/c1-5-20-16(8-6-13(4)7-9-16)15-18-11-14(19-15)10-17-12(2)3/h11-13,17H,5-10H2,1-4H3,(H,18,19). The lowest BCUT2D eigenvalue weighted by Crippen LogP contribution is -2.35. The molecule has 0 radical (unpaired) electrons. The maximum absolute atomic E-state index is 6.13. The molecule has 1 heterocycles. The summed E-state index contributed by atoms with van der Waals surface area (Å²) in [6, 6.07) is 0.484. The Labute approximate surface area is 122 Å². The van der Waals surface area contributed by atoms with Gasteiger partial charge in [0.15, 0.2) is 0 Å². The fourth-order valence-electron chi connectivity index (χ4n) is 2.95. The molecule has 0 spiro atoms. The van der Waals surface area contributed by atoms with Crippen LogP contribution in [0.4, 0.5) is 0 Å². The minimum atomic E-state index is -0.183. The van der Waals surface area contributed by atoms with Crippen molar-refractivity contribution >= 4 is 0 Å². The first-order valence-electron chi connectivity index (χ1n) is 7.97. The van der Waals surface area contributed by atoms with Gasteiger partial charge in [0.2, 0.25) is 0 Å². The first kappa shape index (κ1) is 15.5. The second kappa shape index (κ2) is 6.72. The minimum Gasteiger partial charge on any atom is -0.367 e. The lowest BCUT2D eigenvalue weighted by Gasteiger charge is -2.37. The van der Waals surface area contributed by atoms with Crippen LogP contribution in [-0.2, 0) is 16.9 Å². The molecule has 0 bridgehead atoms. The SMILES string of the molecule is CCOC1(c2ncc(CNC(C)C)[nH]2)CCC(C)CC1. The third-order valence-corrected chi connectivity index (χ3v) is 4.26. The molecule has 114 valence electrons. The molecule has 0 saturated heterocycles. The van der Waals surface area contributed by atoms with E-state index in [0.29, 0.717) is 6.04 Å². The normalized spacial score (nSPS) is 27.1. The zero-order valence-electron chi connectivity index (χ0n) is 13.3. The Kier molecular flexibility index (Phi) is 5.22. The molecule has 0 unspecified atom stereocenters. The summed E-state index contributed by atoms with van der Waals surface area (Å²) in [7, 11) is 0. The summed E-state index contributed by atoms with van der Waals surface area (Å²) in [4.78, 5) is 8.09. The third kappa shape index (κ3) is 3.61. The molecule has 1 aromatic heterocycles. The molecule has 0 amide bonds. The summed E-state index contributed by atoms with van der Waals surface area (Å²) in [6.45, 7) is 10.3. The van der Waals surface area contributed by atoms with Crippen LogP contribution in [0, 0.1) is 5.92 Å². The van der Waals surface area contributed by atoms with Gasteiger partial charge in [0.25, 0.3) is 0 Å². The summed E-state index contributed by atoms with van der Waals surface area (Å²) in [5, 5.41) is 3.42. The van der Waals surface area contributed by atoms with Crippen LogP contribution in [0.1, 0.15) is 64.9 Å². The number of aromatic nitrogens is 2. The summed E-state index contributed by atoms with van der Waals surface area (Å²) in [6.07, 6.45) is 6.54. The van der Waals surface area contributed by atoms with Crippen molar-refractivity contribution < 1.29 is 4.74 Å². The monoisotopic (exact) mass is 279 g/mol. The van der Waals surface area contributed by atoms with E-state index in [1.54, 1.807) is 0 Å². The highest BCUT2D eigenvalue weighted by Gasteiger charge is 2.39. The Morgan fingerprint density at radius 3 is 2.75 bits per heavy atom. The van der Waals surface area contributed by atoms with Gasteiger partial charge in [-0.1, -0.05) is 20.8 Å². The molecule has 0 aliphatic heterocycles. The number of nitrogens with zero attached hydrogens (tertiary/aromatic N) is 1. The van der Waals surface area contributed by atoms with Gasteiger partial charge in [-0.15, -0.1) is 0 Å². The Balaban J connectivity index is 2.09. The van der Waals surface area contributed by atoms with Crippen LogP contribution in [0.3, 0.4) is 0 Å². The predicted molar refractivity (Wildman–Crippen MR) is 81.5 cm³/mol. The summed E-state index contributed by atoms with van der Waals surface area (Å²) in [5.74, 6) is 1.83. The molecule has 0 atom stereocenters. The van der Waals surface area contributed by atoms with E-state index in [1.807, 2.05) is 6.20 Å². The van der Waals surface area contributed by atoms with Gasteiger partial charge < -0.3 is 15.0 Å². The summed E-state index contributed by atoms with van der Waals surface area (Å²) < 4.78 is 6.13. The molecule has 2 N–H and O–H groups in total. The molecule has 20 heavy (non-hydrogen) atoms. The van der Waals surface area contributed by atoms with Crippen molar-refractivity contribution in [3.8, 4) is 0 Å². The molecule has 1 saturated carbocycles. The van der Waals surface area contributed by atoms with E-state index >= 15 is 0 Å². The van der Waals surface area contributed by atoms with Gasteiger partial charge in [-0.05, 0) is 38.5 Å². The Hall–Kier alpha value is -0.870. The van der Waals surface area contributed by atoms with Crippen LogP contribution in [0.15, 0.2) is 6.20 Å². The first-order valence-corrected chi connectivity index (χ1v) is 7.97. The quantitative estimate of drug-likeness (QED) is 0.839. The highest BCUT2D eigenvalue weighted by Crippen LogP contribution is 2.41. The number of imidazole rings is 1. The molecular weight excluding hydrogens is 250 g/mol. The van der Waals surface area contributed by atoms with E-state index < -0.39 is 0 Å². The third-order valence-electron chi connectivity index (χ3n) is 4.26. The van der Waals surface area contributed by atoms with Crippen LogP contribution in [-0.4, -0.2) is 22.6 Å². The second-order valence-electron chi connectivity index (χ2n) is 6.40. The maximum atomic E-state index is 6.13. The average molecular weight is 279 g/mol. The van der Waals surface area contributed by atoms with Gasteiger partial charge >= 0.3 is 0 Å². The average Bonchev–Trinajstić information content (AvgIpc) is 2.89. The fourth-order valence-corrected chi connectivity index (χ4v) is 2.95. The number of hydrogen-bond acceptors (Lipinski definition) is 3. The van der Waals surface area contributed by atoms with Crippen molar-refractivity contribution in [3.63, 3.8) is 0 Å². The van der Waals surface area contributed by atoms with Crippen LogP contribution >= 0.6 is 0 Å². The van der Waals surface area contributed by atoms with Gasteiger partial charge in [0.05, 0.1) is 0 Å². The van der Waals surface area contributed by atoms with Gasteiger partial charge in [-0.3, -0.25) is 0 Å². The number of H-pyrrole nitrogens is 1. The largest absolute Gasteiger partial charge is 0.367 e. The molecule has 1 fully saturated rings. The van der Waals surface area contributed by atoms with Crippen molar-refractivity contribution in [1.82, 2.24) is 15.3 Å². The Morgan fingerprint density at radius 1 is 1.45 bits per heavy atom. The number of rotatable bonds is 6. The number of ether oxygens (including phenoxy) is 1. The molecule has 1 aromatic rings. The number of aromatic amines is 1. The van der Waals surface area contributed by atoms with Crippen LogP contribution in [0.2, 0.25) is 0 Å². The highest BCUT2D eigenvalue weighted by molar-refractivity contribution is 5.10. The second-order valence-corrected chi connectivity index (χ2v) is 6.40. The number of nitrogens with one attached hydrogen (secondary N) is 2. The smallest absolute Gasteiger partial charge is 0.138 e. The zero-order valence-corrected chi connectivity index (χ0v) is 13.3. The van der Waals surface area contributed by atoms with Crippen molar-refractivity contribution in [3.05, 3.63) is 17.7 Å². The van der Waals surface area contributed by atoms with Crippen molar-refractivity contribution in [2.24, 2.45) is 5.92 Å². The maximum Gasteiger partial charge on any atom is 0.138 e. The minimum absolute atomic E-state index is 0.183. The van der Waals surface area contributed by atoms with Gasteiger partial charge in [0.1, 0.15) is 11.4 Å². The molecule has 4 nitrogen and oxygen atoms in total. The van der Waals surface area contributed by atoms with Crippen LogP contribution in [0.5, 0.6) is 0 Å². The van der Waals surface area contributed by atoms with Gasteiger partial charge in [-0.2, -0.15) is 0 Å². The summed E-state index contributed by atoms with van der Waals surface area (Å²) in [5.41, 5.74) is 0.962. The lowest BCUT2D eigenvalue weighted by atomic mass is 9.79. The topological polar surface area (TPSA) is 49.9 Å². The molecule has 4 heteroatoms. The van der Waals surface area contributed by atoms with E-state index in [1.165, 1.54) is 12.8 Å². The van der Waals surface area contributed by atoms with Gasteiger partial charge in [0, 0.05) is 31.1 Å². The molecular formula is C16H29N3O. The molecule has 1 aliphatic rings. The zero-order chi connectivity index (χ0) is 14.6. The van der Waals surface area contributed by atoms with Crippen LogP contribution < -0.4 is 5.32 Å². The fraction of sp³-hybridized carbons (Fsp3) is 0.812. The van der Waals surface area contributed by atoms with E-state index in [0.717, 1.165) is 43.4 Å². The Bertz CT molecular complexity index is 406. The molecule has 0 aromatic carbocycles. The van der Waals surface area contributed by atoms with Crippen molar-refractivity contribution in [1.29, 1.82) is 0 Å². The van der Waals surface area contributed by atoms with E-state index in [-0.39, 0.29) is 5.60 Å².